The zero-order valence-electron chi connectivity index (χ0n) is 18.8. The molecule has 1 aromatic carbocycles. The fourth-order valence-corrected chi connectivity index (χ4v) is 6.38. The van der Waals surface area contributed by atoms with Crippen LogP contribution in [-0.4, -0.2) is 55.1 Å². The van der Waals surface area contributed by atoms with E-state index in [1.54, 1.807) is 30.1 Å². The monoisotopic (exact) mass is 486 g/mol. The number of thiazole rings is 1. The number of aryl methyl sites for hydroxylation is 2. The number of aromatic amines is 1. The molecule has 0 saturated carbocycles. The Labute approximate surface area is 198 Å². The van der Waals surface area contributed by atoms with Gasteiger partial charge in [0.1, 0.15) is 0 Å². The molecule has 33 heavy (non-hydrogen) atoms. The predicted molar refractivity (Wildman–Crippen MR) is 133 cm³/mol. The van der Waals surface area contributed by atoms with Crippen LogP contribution in [0.15, 0.2) is 38.2 Å². The fourth-order valence-electron chi connectivity index (χ4n) is 4.31. The summed E-state index contributed by atoms with van der Waals surface area (Å²) in [5, 5.41) is 0. The lowest BCUT2D eigenvalue weighted by Crippen LogP contribution is -2.46. The minimum Gasteiger partial charge on any atom is -0.372 e. The highest BCUT2D eigenvalue weighted by molar-refractivity contribution is 8.01. The van der Waals surface area contributed by atoms with E-state index in [0.29, 0.717) is 36.7 Å². The summed E-state index contributed by atoms with van der Waals surface area (Å²) < 4.78 is 11.5. The Balaban J connectivity index is 1.42. The van der Waals surface area contributed by atoms with E-state index >= 15 is 0 Å². The second-order valence-electron chi connectivity index (χ2n) is 8.37. The molecule has 4 heterocycles. The van der Waals surface area contributed by atoms with Crippen molar-refractivity contribution in [3.8, 4) is 0 Å². The minimum atomic E-state index is -0.459. The van der Waals surface area contributed by atoms with Crippen molar-refractivity contribution >= 4 is 50.4 Å². The lowest BCUT2D eigenvalue weighted by Gasteiger charge is -2.36. The molecule has 0 amide bonds. The van der Waals surface area contributed by atoms with E-state index in [1.165, 1.54) is 9.27 Å². The van der Waals surface area contributed by atoms with Crippen LogP contribution in [0, 0.1) is 0 Å². The van der Waals surface area contributed by atoms with Crippen LogP contribution in [0.3, 0.4) is 0 Å². The molecule has 11 heteroatoms. The second kappa shape index (κ2) is 8.96. The van der Waals surface area contributed by atoms with Gasteiger partial charge in [-0.2, -0.15) is 4.98 Å². The number of thioether (sulfide) groups is 1. The molecule has 0 aliphatic carbocycles. The van der Waals surface area contributed by atoms with E-state index < -0.39 is 11.2 Å². The van der Waals surface area contributed by atoms with Gasteiger partial charge in [-0.3, -0.25) is 14.3 Å². The van der Waals surface area contributed by atoms with Gasteiger partial charge in [0, 0.05) is 32.4 Å². The SMILES string of the molecule is C[C@@H]1CN(c2nc3c(c(=O)[nH]c(=O)n3C)n2CCCSc2nc3ccccc3s2)C[C@@H](C)O1. The van der Waals surface area contributed by atoms with Gasteiger partial charge in [0.25, 0.3) is 5.56 Å². The molecule has 1 aliphatic heterocycles. The van der Waals surface area contributed by atoms with Crippen LogP contribution in [0.2, 0.25) is 0 Å². The molecule has 9 nitrogen and oxygen atoms in total. The molecule has 0 bridgehead atoms. The Morgan fingerprint density at radius 3 is 2.70 bits per heavy atom. The molecule has 2 atom stereocenters. The number of benzene rings is 1. The van der Waals surface area contributed by atoms with Crippen molar-refractivity contribution in [2.24, 2.45) is 7.05 Å². The number of aromatic nitrogens is 5. The van der Waals surface area contributed by atoms with Crippen LogP contribution in [0.25, 0.3) is 21.4 Å². The molecule has 3 aromatic heterocycles. The van der Waals surface area contributed by atoms with Crippen LogP contribution >= 0.6 is 23.1 Å². The maximum absolute atomic E-state index is 12.8. The molecule has 1 saturated heterocycles. The smallest absolute Gasteiger partial charge is 0.329 e. The zero-order valence-corrected chi connectivity index (χ0v) is 20.4. The van der Waals surface area contributed by atoms with Gasteiger partial charge in [-0.1, -0.05) is 23.9 Å². The molecule has 1 aliphatic rings. The van der Waals surface area contributed by atoms with Crippen molar-refractivity contribution in [2.45, 2.75) is 43.4 Å². The zero-order chi connectivity index (χ0) is 23.1. The number of para-hydroxylation sites is 1. The lowest BCUT2D eigenvalue weighted by molar-refractivity contribution is -0.00588. The van der Waals surface area contributed by atoms with Crippen LogP contribution < -0.4 is 16.1 Å². The van der Waals surface area contributed by atoms with E-state index in [1.807, 2.05) is 36.6 Å². The summed E-state index contributed by atoms with van der Waals surface area (Å²) in [5.74, 6) is 1.57. The standard InChI is InChI=1S/C22H26N6O3S2/c1-13-11-27(12-14(2)31-13)20-24-18-17(19(29)25-21(30)26(18)3)28(20)9-6-10-32-22-23-15-7-4-5-8-16(15)33-22/h4-5,7-8,13-14H,6,9-12H2,1-3H3,(H,25,29,30)/t13-,14-/m1/s1. The van der Waals surface area contributed by atoms with Gasteiger partial charge >= 0.3 is 5.69 Å². The van der Waals surface area contributed by atoms with Crippen LogP contribution in [0.4, 0.5) is 5.95 Å². The Morgan fingerprint density at radius 1 is 1.18 bits per heavy atom. The van der Waals surface area contributed by atoms with Gasteiger partial charge < -0.3 is 14.2 Å². The average molecular weight is 487 g/mol. The van der Waals surface area contributed by atoms with Crippen molar-refractivity contribution in [3.63, 3.8) is 0 Å². The number of morpholine rings is 1. The number of rotatable bonds is 6. The number of hydrogen-bond acceptors (Lipinski definition) is 8. The van der Waals surface area contributed by atoms with Crippen molar-refractivity contribution in [3.05, 3.63) is 45.1 Å². The van der Waals surface area contributed by atoms with Gasteiger partial charge in [-0.05, 0) is 32.4 Å². The largest absolute Gasteiger partial charge is 0.372 e. The summed E-state index contributed by atoms with van der Waals surface area (Å²) in [5.41, 5.74) is 1.00. The predicted octanol–water partition coefficient (Wildman–Crippen LogP) is 2.83. The first kappa shape index (κ1) is 22.2. The first-order valence-electron chi connectivity index (χ1n) is 11.0. The number of ether oxygens (including phenoxy) is 1. The summed E-state index contributed by atoms with van der Waals surface area (Å²) >= 11 is 3.42. The third-order valence-electron chi connectivity index (χ3n) is 5.72. The molecule has 174 valence electrons. The van der Waals surface area contributed by atoms with Crippen molar-refractivity contribution in [2.75, 3.05) is 23.7 Å². The quantitative estimate of drug-likeness (QED) is 0.331. The molecule has 0 spiro atoms. The van der Waals surface area contributed by atoms with Gasteiger partial charge in [-0.25, -0.2) is 9.78 Å². The average Bonchev–Trinajstić information content (AvgIpc) is 3.36. The van der Waals surface area contributed by atoms with Crippen LogP contribution in [-0.2, 0) is 18.3 Å². The molecule has 1 fully saturated rings. The fraction of sp³-hybridized carbons (Fsp3) is 0.455. The van der Waals surface area contributed by atoms with Crippen LogP contribution in [0.5, 0.6) is 0 Å². The van der Waals surface area contributed by atoms with E-state index in [9.17, 15) is 9.59 Å². The summed E-state index contributed by atoms with van der Waals surface area (Å²) in [6, 6.07) is 8.14. The summed E-state index contributed by atoms with van der Waals surface area (Å²) in [4.78, 5) is 38.9. The highest BCUT2D eigenvalue weighted by atomic mass is 32.2. The molecular weight excluding hydrogens is 460 g/mol. The third-order valence-corrected chi connectivity index (χ3v) is 7.98. The third kappa shape index (κ3) is 4.32. The Hall–Kier alpha value is -2.63. The first-order chi connectivity index (χ1) is 15.9. The van der Waals surface area contributed by atoms with Gasteiger partial charge in [-0.15, -0.1) is 11.3 Å². The van der Waals surface area contributed by atoms with Gasteiger partial charge in [0.15, 0.2) is 15.5 Å². The van der Waals surface area contributed by atoms with Crippen molar-refractivity contribution in [1.82, 2.24) is 24.1 Å². The molecule has 4 aromatic rings. The first-order valence-corrected chi connectivity index (χ1v) is 12.8. The normalized spacial score (nSPS) is 19.1. The topological polar surface area (TPSA) is 98.0 Å². The Kier molecular flexibility index (Phi) is 6.02. The summed E-state index contributed by atoms with van der Waals surface area (Å²) in [6.07, 6.45) is 0.939. The molecule has 5 rings (SSSR count). The number of H-pyrrole nitrogens is 1. The highest BCUT2D eigenvalue weighted by Gasteiger charge is 2.28. The summed E-state index contributed by atoms with van der Waals surface area (Å²) in [6.45, 7) is 6.05. The molecule has 0 radical (unpaired) electrons. The van der Waals surface area contributed by atoms with E-state index in [0.717, 1.165) is 22.0 Å². The molecule has 0 unspecified atom stereocenters. The minimum absolute atomic E-state index is 0.0544. The Bertz CT molecular complexity index is 1380. The number of nitrogens with zero attached hydrogens (tertiary/aromatic N) is 5. The lowest BCUT2D eigenvalue weighted by atomic mass is 10.2. The van der Waals surface area contributed by atoms with E-state index in [2.05, 4.69) is 20.9 Å². The maximum atomic E-state index is 12.8. The number of imidazole rings is 1. The van der Waals surface area contributed by atoms with Gasteiger partial charge in [0.2, 0.25) is 5.95 Å². The number of hydrogen-bond donors (Lipinski definition) is 1. The highest BCUT2D eigenvalue weighted by Crippen LogP contribution is 2.30. The number of nitrogens with one attached hydrogen (secondary N) is 1. The van der Waals surface area contributed by atoms with Crippen LogP contribution in [0.1, 0.15) is 20.3 Å². The second-order valence-corrected chi connectivity index (χ2v) is 10.7. The molecular formula is C22H26N6O3S2. The summed E-state index contributed by atoms with van der Waals surface area (Å²) in [7, 11) is 1.63. The maximum Gasteiger partial charge on any atom is 0.329 e. The van der Waals surface area contributed by atoms with E-state index in [4.69, 9.17) is 9.72 Å². The van der Waals surface area contributed by atoms with E-state index in [-0.39, 0.29) is 12.2 Å². The number of fused-ring (bicyclic) bond motifs is 2. The number of anilines is 1. The van der Waals surface area contributed by atoms with Crippen molar-refractivity contribution < 1.29 is 4.74 Å². The van der Waals surface area contributed by atoms with Crippen molar-refractivity contribution in [1.29, 1.82) is 0 Å². The Morgan fingerprint density at radius 2 is 1.94 bits per heavy atom. The van der Waals surface area contributed by atoms with Gasteiger partial charge in [0.05, 0.1) is 22.4 Å². The molecule has 1 N–H and O–H groups in total.